The summed E-state index contributed by atoms with van der Waals surface area (Å²) in [5.41, 5.74) is 0.825. The summed E-state index contributed by atoms with van der Waals surface area (Å²) in [7, 11) is 0. The lowest BCUT2D eigenvalue weighted by molar-refractivity contribution is -0.384. The number of aromatic amines is 1. The van der Waals surface area contributed by atoms with E-state index in [1.54, 1.807) is 18.2 Å². The van der Waals surface area contributed by atoms with Gasteiger partial charge in [0.1, 0.15) is 0 Å². The molecule has 3 rings (SSSR count). The van der Waals surface area contributed by atoms with Crippen LogP contribution in [0.25, 0.3) is 10.9 Å². The molecule has 2 amide bonds. The van der Waals surface area contributed by atoms with Gasteiger partial charge in [-0.3, -0.25) is 19.7 Å². The highest BCUT2D eigenvalue weighted by Crippen LogP contribution is 2.37. The second-order valence-corrected chi connectivity index (χ2v) is 7.80. The third-order valence-corrected chi connectivity index (χ3v) is 5.37. The van der Waals surface area contributed by atoms with Gasteiger partial charge in [-0.2, -0.15) is 0 Å². The van der Waals surface area contributed by atoms with Crippen LogP contribution >= 0.6 is 15.9 Å². The Balaban J connectivity index is 1.45. The van der Waals surface area contributed by atoms with Crippen molar-refractivity contribution in [2.24, 2.45) is 10.2 Å². The van der Waals surface area contributed by atoms with Gasteiger partial charge in [0.2, 0.25) is 5.88 Å². The van der Waals surface area contributed by atoms with E-state index in [1.807, 2.05) is 6.07 Å². The summed E-state index contributed by atoms with van der Waals surface area (Å²) in [5.74, 6) is -0.958. The van der Waals surface area contributed by atoms with Crippen LogP contribution in [0.2, 0.25) is 0 Å². The van der Waals surface area contributed by atoms with Crippen molar-refractivity contribution >= 4 is 50.0 Å². The topological polar surface area (TPSA) is 150 Å². The summed E-state index contributed by atoms with van der Waals surface area (Å²) < 4.78 is 0.726. The first-order chi connectivity index (χ1) is 15.4. The molecule has 166 valence electrons. The quantitative estimate of drug-likeness (QED) is 0.160. The number of amides is 2. The fourth-order valence-corrected chi connectivity index (χ4v) is 3.51. The summed E-state index contributed by atoms with van der Waals surface area (Å²) in [6.45, 7) is 0.484. The molecule has 0 aliphatic heterocycles. The van der Waals surface area contributed by atoms with Crippen molar-refractivity contribution < 1.29 is 19.6 Å². The number of nitro groups is 1. The van der Waals surface area contributed by atoms with E-state index in [1.165, 1.54) is 18.2 Å². The lowest BCUT2D eigenvalue weighted by atomic mass is 10.2. The van der Waals surface area contributed by atoms with Crippen LogP contribution in [0.15, 0.2) is 57.2 Å². The number of unbranched alkanes of at least 4 members (excludes halogenated alkanes) is 2. The van der Waals surface area contributed by atoms with Crippen LogP contribution in [-0.4, -0.2) is 33.4 Å². The van der Waals surface area contributed by atoms with Crippen molar-refractivity contribution in [3.63, 3.8) is 0 Å². The minimum Gasteiger partial charge on any atom is -0.493 e. The molecule has 3 N–H and O–H groups in total. The first kappa shape index (κ1) is 23.1. The molecule has 0 saturated heterocycles. The average molecular weight is 502 g/mol. The number of rotatable bonds is 9. The van der Waals surface area contributed by atoms with Gasteiger partial charge >= 0.3 is 0 Å². The average Bonchev–Trinajstić information content (AvgIpc) is 3.08. The van der Waals surface area contributed by atoms with Crippen molar-refractivity contribution in [3.8, 4) is 5.88 Å². The number of non-ortho nitro benzene ring substituents is 1. The van der Waals surface area contributed by atoms with Crippen LogP contribution < -0.4 is 5.32 Å². The van der Waals surface area contributed by atoms with Gasteiger partial charge in [-0.05, 0) is 47.0 Å². The minimum atomic E-state index is -0.559. The van der Waals surface area contributed by atoms with Crippen LogP contribution in [0.5, 0.6) is 5.88 Å². The molecule has 1 aromatic heterocycles. The Bertz CT molecular complexity index is 1190. The molecule has 3 aromatic rings. The Morgan fingerprint density at radius 2 is 1.94 bits per heavy atom. The van der Waals surface area contributed by atoms with E-state index < -0.39 is 10.8 Å². The van der Waals surface area contributed by atoms with Crippen LogP contribution in [0, 0.1) is 10.1 Å². The molecule has 0 radical (unpaired) electrons. The van der Waals surface area contributed by atoms with Crippen LogP contribution in [0.4, 0.5) is 11.4 Å². The molecule has 32 heavy (non-hydrogen) atoms. The van der Waals surface area contributed by atoms with Crippen molar-refractivity contribution in [3.05, 3.63) is 62.6 Å². The molecule has 0 spiro atoms. The van der Waals surface area contributed by atoms with E-state index in [0.29, 0.717) is 42.3 Å². The fourth-order valence-electron chi connectivity index (χ4n) is 3.04. The fraction of sp³-hybridized carbons (Fsp3) is 0.238. The van der Waals surface area contributed by atoms with Crippen LogP contribution in [0.3, 0.4) is 0 Å². The molecule has 2 aromatic carbocycles. The standard InChI is InChI=1S/C21H20BrN5O5/c22-16-7-4-3-6-14(16)20(29)23-11-5-1-2-8-18(28)25-26-19-15-12-13(27(31)32)9-10-17(15)24-21(19)30/h3-4,6-7,9-10,12,24,30H,1-2,5,8,11H2,(H,23,29). The SMILES string of the molecule is O=C(CCCCCNC(=O)c1ccccc1Br)N=Nc1c(O)[nH]c2ccc([N+](=O)[O-])cc12. The molecule has 11 heteroatoms. The highest BCUT2D eigenvalue weighted by atomic mass is 79.9. The first-order valence-corrected chi connectivity index (χ1v) is 10.6. The number of aromatic hydroxyl groups is 1. The summed E-state index contributed by atoms with van der Waals surface area (Å²) >= 11 is 3.34. The summed E-state index contributed by atoms with van der Waals surface area (Å²) in [4.78, 5) is 37.1. The molecular weight excluding hydrogens is 482 g/mol. The molecule has 0 aliphatic carbocycles. The molecule has 10 nitrogen and oxygen atoms in total. The number of azo groups is 1. The van der Waals surface area contributed by atoms with Crippen molar-refractivity contribution in [2.75, 3.05) is 6.54 Å². The van der Waals surface area contributed by atoms with Gasteiger partial charge in [-0.15, -0.1) is 10.2 Å². The Morgan fingerprint density at radius 3 is 2.69 bits per heavy atom. The van der Waals surface area contributed by atoms with E-state index in [2.05, 4.69) is 36.5 Å². The number of carbonyl (C=O) groups is 2. The third-order valence-electron chi connectivity index (χ3n) is 4.68. The number of hydrogen-bond acceptors (Lipinski definition) is 6. The summed E-state index contributed by atoms with van der Waals surface area (Å²) in [6, 6.07) is 11.1. The van der Waals surface area contributed by atoms with E-state index >= 15 is 0 Å². The maximum atomic E-state index is 12.1. The lowest BCUT2D eigenvalue weighted by Gasteiger charge is -2.06. The zero-order valence-electron chi connectivity index (χ0n) is 16.9. The van der Waals surface area contributed by atoms with Gasteiger partial charge in [0.25, 0.3) is 17.5 Å². The zero-order chi connectivity index (χ0) is 23.1. The second-order valence-electron chi connectivity index (χ2n) is 6.95. The Kier molecular flexibility index (Phi) is 7.66. The van der Waals surface area contributed by atoms with Crippen molar-refractivity contribution in [2.45, 2.75) is 25.7 Å². The molecular formula is C21H20BrN5O5. The largest absolute Gasteiger partial charge is 0.493 e. The molecule has 0 bridgehead atoms. The van der Waals surface area contributed by atoms with Gasteiger partial charge in [-0.25, -0.2) is 0 Å². The number of benzene rings is 2. The number of halogens is 1. The predicted molar refractivity (Wildman–Crippen MR) is 121 cm³/mol. The highest BCUT2D eigenvalue weighted by Gasteiger charge is 2.15. The Morgan fingerprint density at radius 1 is 1.16 bits per heavy atom. The smallest absolute Gasteiger partial charge is 0.270 e. The maximum Gasteiger partial charge on any atom is 0.270 e. The monoisotopic (exact) mass is 501 g/mol. The molecule has 0 aliphatic rings. The zero-order valence-corrected chi connectivity index (χ0v) is 18.5. The first-order valence-electron chi connectivity index (χ1n) is 9.83. The summed E-state index contributed by atoms with van der Waals surface area (Å²) in [5, 5.41) is 31.4. The second kappa shape index (κ2) is 10.6. The van der Waals surface area contributed by atoms with Gasteiger partial charge in [0.15, 0.2) is 5.69 Å². The number of hydrogen-bond donors (Lipinski definition) is 3. The summed E-state index contributed by atoms with van der Waals surface area (Å²) in [6.07, 6.45) is 2.13. The minimum absolute atomic E-state index is 0.0214. The Hall–Kier alpha value is -3.60. The van der Waals surface area contributed by atoms with Crippen molar-refractivity contribution in [1.82, 2.24) is 10.3 Å². The number of nitrogens with zero attached hydrogens (tertiary/aromatic N) is 3. The van der Waals surface area contributed by atoms with E-state index in [9.17, 15) is 24.8 Å². The Labute approximate surface area is 191 Å². The highest BCUT2D eigenvalue weighted by molar-refractivity contribution is 9.10. The third kappa shape index (κ3) is 5.76. The van der Waals surface area contributed by atoms with E-state index in [4.69, 9.17) is 0 Å². The van der Waals surface area contributed by atoms with Crippen LogP contribution in [-0.2, 0) is 4.79 Å². The number of H-pyrrole nitrogens is 1. The number of nitrogens with one attached hydrogen (secondary N) is 2. The van der Waals surface area contributed by atoms with Gasteiger partial charge in [-0.1, -0.05) is 18.6 Å². The number of carbonyl (C=O) groups excluding carboxylic acids is 2. The van der Waals surface area contributed by atoms with Crippen LogP contribution in [0.1, 0.15) is 36.0 Å². The number of fused-ring (bicyclic) bond motifs is 1. The predicted octanol–water partition coefficient (Wildman–Crippen LogP) is 5.14. The van der Waals surface area contributed by atoms with Gasteiger partial charge in [0, 0.05) is 35.0 Å². The lowest BCUT2D eigenvalue weighted by Crippen LogP contribution is -2.24. The molecule has 0 fully saturated rings. The van der Waals surface area contributed by atoms with E-state index in [0.717, 1.165) is 4.47 Å². The number of nitro benzene ring substituents is 1. The number of aromatic nitrogens is 1. The molecule has 0 saturated carbocycles. The maximum absolute atomic E-state index is 12.1. The molecule has 1 heterocycles. The van der Waals surface area contributed by atoms with Crippen molar-refractivity contribution in [1.29, 1.82) is 0 Å². The molecule has 0 unspecified atom stereocenters. The molecule has 0 atom stereocenters. The van der Waals surface area contributed by atoms with Gasteiger partial charge < -0.3 is 15.4 Å². The van der Waals surface area contributed by atoms with Gasteiger partial charge in [0.05, 0.1) is 16.0 Å². The normalized spacial score (nSPS) is 11.2. The van der Waals surface area contributed by atoms with E-state index in [-0.39, 0.29) is 29.6 Å².